The number of nitrogens with zero attached hydrogens (tertiary/aromatic N) is 2. The van der Waals surface area contributed by atoms with Crippen molar-refractivity contribution in [1.82, 2.24) is 15.1 Å². The van der Waals surface area contributed by atoms with Crippen LogP contribution in [0.3, 0.4) is 0 Å². The fourth-order valence-electron chi connectivity index (χ4n) is 1.93. The Morgan fingerprint density at radius 2 is 2.25 bits per heavy atom. The van der Waals surface area contributed by atoms with Crippen molar-refractivity contribution < 1.29 is 24.2 Å². The van der Waals surface area contributed by atoms with E-state index in [1.165, 1.54) is 18.0 Å². The molecule has 2 N–H and O–H groups in total. The molecule has 1 rings (SSSR count). The summed E-state index contributed by atoms with van der Waals surface area (Å²) in [6, 6.07) is -1.26. The molecule has 1 atom stereocenters. The van der Waals surface area contributed by atoms with Crippen LogP contribution in [0.2, 0.25) is 0 Å². The molecule has 20 heavy (non-hydrogen) atoms. The predicted octanol–water partition coefficient (Wildman–Crippen LogP) is -0.874. The minimum absolute atomic E-state index is 0.0976. The lowest BCUT2D eigenvalue weighted by atomic mass is 10.2. The van der Waals surface area contributed by atoms with Crippen molar-refractivity contribution in [2.75, 3.05) is 39.9 Å². The molecule has 0 aromatic heterocycles. The summed E-state index contributed by atoms with van der Waals surface area (Å²) in [4.78, 5) is 37.3. The van der Waals surface area contributed by atoms with Gasteiger partial charge in [0.15, 0.2) is 0 Å². The van der Waals surface area contributed by atoms with E-state index in [2.05, 4.69) is 11.9 Å². The van der Waals surface area contributed by atoms with Crippen molar-refractivity contribution in [3.8, 4) is 0 Å². The van der Waals surface area contributed by atoms with Gasteiger partial charge in [0.25, 0.3) is 0 Å². The maximum Gasteiger partial charge on any atom is 0.323 e. The smallest absolute Gasteiger partial charge is 0.323 e. The maximum absolute atomic E-state index is 12.4. The van der Waals surface area contributed by atoms with Gasteiger partial charge in [0.1, 0.15) is 12.6 Å². The van der Waals surface area contributed by atoms with E-state index < -0.39 is 24.6 Å². The number of urea groups is 1. The van der Waals surface area contributed by atoms with Crippen molar-refractivity contribution in [2.24, 2.45) is 0 Å². The van der Waals surface area contributed by atoms with Gasteiger partial charge in [-0.05, 0) is 0 Å². The summed E-state index contributed by atoms with van der Waals surface area (Å²) in [5, 5.41) is 11.3. The van der Waals surface area contributed by atoms with Gasteiger partial charge in [-0.15, -0.1) is 6.58 Å². The highest BCUT2D eigenvalue weighted by atomic mass is 16.5. The summed E-state index contributed by atoms with van der Waals surface area (Å²) < 4.78 is 5.20. The van der Waals surface area contributed by atoms with Crippen LogP contribution in [0.15, 0.2) is 12.7 Å². The first-order chi connectivity index (χ1) is 9.51. The number of carboxylic acids is 1. The number of carboxylic acid groups (broad SMARTS) is 1. The van der Waals surface area contributed by atoms with E-state index in [4.69, 9.17) is 9.84 Å². The normalized spacial score (nSPS) is 18.2. The number of ether oxygens (including phenoxy) is 1. The van der Waals surface area contributed by atoms with Gasteiger partial charge in [0, 0.05) is 20.1 Å². The molecule has 1 unspecified atom stereocenters. The number of likely N-dealkylation sites (N-methyl/N-ethyl adjacent to an activating group) is 1. The van der Waals surface area contributed by atoms with Crippen molar-refractivity contribution in [3.63, 3.8) is 0 Å². The van der Waals surface area contributed by atoms with Crippen molar-refractivity contribution in [2.45, 2.75) is 6.04 Å². The molecule has 1 aliphatic rings. The molecule has 1 saturated heterocycles. The molecule has 8 heteroatoms. The number of morpholine rings is 1. The molecule has 0 bridgehead atoms. The van der Waals surface area contributed by atoms with Crippen molar-refractivity contribution in [3.05, 3.63) is 12.7 Å². The van der Waals surface area contributed by atoms with E-state index in [0.29, 0.717) is 6.61 Å². The van der Waals surface area contributed by atoms with Crippen molar-refractivity contribution in [1.29, 1.82) is 0 Å². The lowest BCUT2D eigenvalue weighted by molar-refractivity contribution is -0.137. The third-order valence-corrected chi connectivity index (χ3v) is 2.87. The highest BCUT2D eigenvalue weighted by molar-refractivity contribution is 5.88. The SMILES string of the molecule is C=CCN(CC(=O)O)C(=O)N1CCOCC1C(=O)NC. The topological polar surface area (TPSA) is 99.2 Å². The van der Waals surface area contributed by atoms with Gasteiger partial charge in [-0.1, -0.05) is 6.08 Å². The summed E-state index contributed by atoms with van der Waals surface area (Å²) >= 11 is 0. The number of hydrogen-bond acceptors (Lipinski definition) is 4. The Hall–Kier alpha value is -2.09. The zero-order valence-electron chi connectivity index (χ0n) is 11.4. The Labute approximate surface area is 117 Å². The molecule has 0 saturated carbocycles. The van der Waals surface area contributed by atoms with Crippen LogP contribution in [0.4, 0.5) is 4.79 Å². The van der Waals surface area contributed by atoms with Gasteiger partial charge in [-0.25, -0.2) is 4.79 Å². The van der Waals surface area contributed by atoms with Crippen LogP contribution >= 0.6 is 0 Å². The summed E-state index contributed by atoms with van der Waals surface area (Å²) in [7, 11) is 1.47. The first-order valence-electron chi connectivity index (χ1n) is 6.18. The third kappa shape index (κ3) is 3.95. The zero-order valence-corrected chi connectivity index (χ0v) is 11.4. The Bertz CT molecular complexity index is 399. The third-order valence-electron chi connectivity index (χ3n) is 2.87. The van der Waals surface area contributed by atoms with Gasteiger partial charge in [0.2, 0.25) is 5.91 Å². The summed E-state index contributed by atoms with van der Waals surface area (Å²) in [6.45, 7) is 3.81. The standard InChI is InChI=1S/C12H19N3O5/c1-3-4-14(7-10(16)17)12(19)15-5-6-20-8-9(15)11(18)13-2/h3,9H,1,4-8H2,2H3,(H,13,18)(H,16,17). The quantitative estimate of drug-likeness (QED) is 0.639. The van der Waals surface area contributed by atoms with Crippen LogP contribution in [0, 0.1) is 0 Å². The highest BCUT2D eigenvalue weighted by Crippen LogP contribution is 2.11. The molecular formula is C12H19N3O5. The van der Waals surface area contributed by atoms with Crippen LogP contribution in [-0.2, 0) is 14.3 Å². The summed E-state index contributed by atoms with van der Waals surface area (Å²) in [6.07, 6.45) is 1.44. The van der Waals surface area contributed by atoms with Gasteiger partial charge < -0.3 is 25.0 Å². The average Bonchev–Trinajstić information content (AvgIpc) is 2.44. The van der Waals surface area contributed by atoms with E-state index in [9.17, 15) is 14.4 Å². The van der Waals surface area contributed by atoms with Crippen LogP contribution in [0.1, 0.15) is 0 Å². The van der Waals surface area contributed by atoms with E-state index in [0.717, 1.165) is 4.90 Å². The Morgan fingerprint density at radius 3 is 2.80 bits per heavy atom. The monoisotopic (exact) mass is 285 g/mol. The second kappa shape index (κ2) is 7.49. The number of amides is 3. The van der Waals surface area contributed by atoms with Gasteiger partial charge >= 0.3 is 12.0 Å². The van der Waals surface area contributed by atoms with Gasteiger partial charge in [-0.3, -0.25) is 9.59 Å². The number of hydrogen-bond donors (Lipinski definition) is 2. The summed E-state index contributed by atoms with van der Waals surface area (Å²) in [5.41, 5.74) is 0. The van der Waals surface area contributed by atoms with E-state index >= 15 is 0 Å². The van der Waals surface area contributed by atoms with E-state index in [1.807, 2.05) is 0 Å². The molecule has 0 aromatic carbocycles. The fraction of sp³-hybridized carbons (Fsp3) is 0.583. The van der Waals surface area contributed by atoms with Crippen LogP contribution in [0.25, 0.3) is 0 Å². The molecule has 112 valence electrons. The Kier molecular flexibility index (Phi) is 5.98. The second-order valence-corrected chi connectivity index (χ2v) is 4.24. The Morgan fingerprint density at radius 1 is 1.55 bits per heavy atom. The average molecular weight is 285 g/mol. The molecule has 1 aliphatic heterocycles. The molecule has 0 aromatic rings. The minimum Gasteiger partial charge on any atom is -0.480 e. The lowest BCUT2D eigenvalue weighted by Crippen LogP contribution is -2.59. The van der Waals surface area contributed by atoms with Crippen molar-refractivity contribution >= 4 is 17.9 Å². The number of carbonyl (C=O) groups is 3. The van der Waals surface area contributed by atoms with E-state index in [1.54, 1.807) is 0 Å². The number of rotatable bonds is 5. The van der Waals surface area contributed by atoms with Crippen LogP contribution in [0.5, 0.6) is 0 Å². The number of nitrogens with one attached hydrogen (secondary N) is 1. The fourth-order valence-corrected chi connectivity index (χ4v) is 1.93. The van der Waals surface area contributed by atoms with E-state index in [-0.39, 0.29) is 25.6 Å². The summed E-state index contributed by atoms with van der Waals surface area (Å²) in [5.74, 6) is -1.46. The maximum atomic E-state index is 12.4. The predicted molar refractivity (Wildman–Crippen MR) is 70.2 cm³/mol. The molecule has 0 aliphatic carbocycles. The first-order valence-corrected chi connectivity index (χ1v) is 6.18. The number of carbonyl (C=O) groups excluding carboxylic acids is 2. The van der Waals surface area contributed by atoms with Crippen LogP contribution in [-0.4, -0.2) is 78.8 Å². The molecule has 0 spiro atoms. The first kappa shape index (κ1) is 16.0. The zero-order chi connectivity index (χ0) is 15.1. The molecule has 0 radical (unpaired) electrons. The second-order valence-electron chi connectivity index (χ2n) is 4.24. The minimum atomic E-state index is -1.12. The number of aliphatic carboxylic acids is 1. The molecule has 1 heterocycles. The molecule has 1 fully saturated rings. The largest absolute Gasteiger partial charge is 0.480 e. The van der Waals surface area contributed by atoms with Gasteiger partial charge in [-0.2, -0.15) is 0 Å². The van der Waals surface area contributed by atoms with Crippen LogP contribution < -0.4 is 5.32 Å². The molecule has 3 amide bonds. The highest BCUT2D eigenvalue weighted by Gasteiger charge is 2.34. The molecular weight excluding hydrogens is 266 g/mol. The van der Waals surface area contributed by atoms with Gasteiger partial charge in [0.05, 0.1) is 13.2 Å². The lowest BCUT2D eigenvalue weighted by Gasteiger charge is -2.37. The molecule has 8 nitrogen and oxygen atoms in total. The Balaban J connectivity index is 2.85.